The zero-order valence-electron chi connectivity index (χ0n) is 11.0. The molecule has 0 aliphatic carbocycles. The Hall–Kier alpha value is -2.31. The van der Waals surface area contributed by atoms with E-state index in [4.69, 9.17) is 5.73 Å². The number of hydrogen-bond donors (Lipinski definition) is 3. The molecule has 0 aromatic heterocycles. The van der Waals surface area contributed by atoms with E-state index in [1.54, 1.807) is 13.0 Å². The van der Waals surface area contributed by atoms with Gasteiger partial charge in [0.25, 0.3) is 5.69 Å². The first-order valence-corrected chi connectivity index (χ1v) is 6.00. The average Bonchev–Trinajstić information content (AvgIpc) is 2.27. The van der Waals surface area contributed by atoms with Crippen molar-refractivity contribution in [3.05, 3.63) is 28.3 Å². The van der Waals surface area contributed by atoms with E-state index in [1.165, 1.54) is 12.1 Å². The zero-order valence-corrected chi connectivity index (χ0v) is 11.0. The molecule has 1 aromatic rings. The van der Waals surface area contributed by atoms with Crippen molar-refractivity contribution in [2.24, 2.45) is 5.73 Å². The summed E-state index contributed by atoms with van der Waals surface area (Å²) in [5.74, 6) is -0.419. The van der Waals surface area contributed by atoms with Crippen LogP contribution in [0.1, 0.15) is 20.3 Å². The lowest BCUT2D eigenvalue weighted by atomic mass is 10.2. The minimum absolute atomic E-state index is 0.00720. The number of anilines is 2. The number of carbonyl (C=O) groups is 1. The van der Waals surface area contributed by atoms with Crippen LogP contribution in [0.5, 0.6) is 0 Å². The summed E-state index contributed by atoms with van der Waals surface area (Å²) in [5.41, 5.74) is 6.34. The molecule has 7 heteroatoms. The molecule has 1 rings (SSSR count). The number of hydrogen-bond acceptors (Lipinski definition) is 5. The second-order valence-corrected chi connectivity index (χ2v) is 4.27. The van der Waals surface area contributed by atoms with Crippen molar-refractivity contribution in [2.45, 2.75) is 26.3 Å². The van der Waals surface area contributed by atoms with E-state index in [-0.39, 0.29) is 18.2 Å². The number of nitro benzene ring substituents is 1. The van der Waals surface area contributed by atoms with Crippen LogP contribution in [0.25, 0.3) is 0 Å². The summed E-state index contributed by atoms with van der Waals surface area (Å²) in [6.45, 7) is 4.36. The van der Waals surface area contributed by atoms with Gasteiger partial charge in [-0.3, -0.25) is 14.9 Å². The van der Waals surface area contributed by atoms with Crippen LogP contribution in [0, 0.1) is 10.1 Å². The third-order valence-electron chi connectivity index (χ3n) is 2.43. The molecule has 7 nitrogen and oxygen atoms in total. The molecule has 0 bridgehead atoms. The second-order valence-electron chi connectivity index (χ2n) is 4.27. The Balaban J connectivity index is 2.92. The van der Waals surface area contributed by atoms with E-state index in [1.807, 2.05) is 6.92 Å². The molecule has 1 unspecified atom stereocenters. The molecule has 0 radical (unpaired) electrons. The van der Waals surface area contributed by atoms with Crippen LogP contribution in [0.2, 0.25) is 0 Å². The topological polar surface area (TPSA) is 110 Å². The first kappa shape index (κ1) is 14.7. The van der Waals surface area contributed by atoms with Crippen LogP contribution in [0.15, 0.2) is 18.2 Å². The Morgan fingerprint density at radius 1 is 1.42 bits per heavy atom. The van der Waals surface area contributed by atoms with Gasteiger partial charge in [0.05, 0.1) is 4.92 Å². The number of non-ortho nitro benzene ring substituents is 1. The highest BCUT2D eigenvalue weighted by Gasteiger charge is 2.12. The number of nitro groups is 1. The van der Waals surface area contributed by atoms with E-state index < -0.39 is 10.8 Å². The largest absolute Gasteiger partial charge is 0.385 e. The van der Waals surface area contributed by atoms with Crippen LogP contribution in [-0.2, 0) is 4.79 Å². The van der Waals surface area contributed by atoms with Crippen molar-refractivity contribution in [1.29, 1.82) is 0 Å². The third kappa shape index (κ3) is 4.82. The normalized spacial score (nSPS) is 11.7. The highest BCUT2D eigenvalue weighted by atomic mass is 16.6. The highest BCUT2D eigenvalue weighted by Crippen LogP contribution is 2.25. The van der Waals surface area contributed by atoms with Gasteiger partial charge < -0.3 is 16.4 Å². The maximum atomic E-state index is 10.8. The molecule has 1 atom stereocenters. The number of nitrogens with one attached hydrogen (secondary N) is 2. The summed E-state index contributed by atoms with van der Waals surface area (Å²) in [6, 6.07) is 4.47. The molecule has 0 aliphatic heterocycles. The smallest absolute Gasteiger partial charge is 0.273 e. The molecule has 1 amide bonds. The minimum Gasteiger partial charge on any atom is -0.385 e. The SMILES string of the molecule is CCNc1cc(NC(C)CC(N)=O)cc([N+](=O)[O-])c1. The third-order valence-corrected chi connectivity index (χ3v) is 2.43. The van der Waals surface area contributed by atoms with Gasteiger partial charge in [-0.15, -0.1) is 0 Å². The lowest BCUT2D eigenvalue weighted by Gasteiger charge is -2.14. The van der Waals surface area contributed by atoms with Gasteiger partial charge in [0.2, 0.25) is 5.91 Å². The quantitative estimate of drug-likeness (QED) is 0.514. The molecule has 0 fully saturated rings. The monoisotopic (exact) mass is 266 g/mol. The molecule has 0 saturated carbocycles. The number of nitrogens with zero attached hydrogens (tertiary/aromatic N) is 1. The standard InChI is InChI=1S/C12H18N4O3/c1-3-14-9-5-10(7-11(6-9)16(18)19)15-8(2)4-12(13)17/h5-8,14-15H,3-4H2,1-2H3,(H2,13,17). The van der Waals surface area contributed by atoms with E-state index in [0.29, 0.717) is 17.9 Å². The number of benzene rings is 1. The van der Waals surface area contributed by atoms with Gasteiger partial charge in [-0.25, -0.2) is 0 Å². The molecule has 0 aliphatic rings. The van der Waals surface area contributed by atoms with E-state index in [2.05, 4.69) is 10.6 Å². The van der Waals surface area contributed by atoms with Crippen LogP contribution in [-0.4, -0.2) is 23.4 Å². The fourth-order valence-corrected chi connectivity index (χ4v) is 1.74. The maximum absolute atomic E-state index is 10.8. The molecule has 104 valence electrons. The summed E-state index contributed by atoms with van der Waals surface area (Å²) < 4.78 is 0. The molecular formula is C12H18N4O3. The number of primary amides is 1. The van der Waals surface area contributed by atoms with Gasteiger partial charge in [-0.1, -0.05) is 0 Å². The Morgan fingerprint density at radius 2 is 2.05 bits per heavy atom. The van der Waals surface area contributed by atoms with Crippen molar-refractivity contribution in [2.75, 3.05) is 17.2 Å². The van der Waals surface area contributed by atoms with Crippen LogP contribution in [0.3, 0.4) is 0 Å². The van der Waals surface area contributed by atoms with E-state index in [9.17, 15) is 14.9 Å². The Bertz CT molecular complexity index is 476. The maximum Gasteiger partial charge on any atom is 0.273 e. The van der Waals surface area contributed by atoms with E-state index in [0.717, 1.165) is 0 Å². The molecule has 19 heavy (non-hydrogen) atoms. The Labute approximate surface area is 111 Å². The number of nitrogens with two attached hydrogens (primary N) is 1. The fourth-order valence-electron chi connectivity index (χ4n) is 1.74. The molecule has 0 heterocycles. The Morgan fingerprint density at radius 3 is 2.58 bits per heavy atom. The Kier molecular flexibility index (Phi) is 5.11. The summed E-state index contributed by atoms with van der Waals surface area (Å²) in [5, 5.41) is 16.9. The lowest BCUT2D eigenvalue weighted by molar-refractivity contribution is -0.384. The highest BCUT2D eigenvalue weighted by molar-refractivity contribution is 5.75. The fraction of sp³-hybridized carbons (Fsp3) is 0.417. The van der Waals surface area contributed by atoms with Crippen molar-refractivity contribution >= 4 is 23.0 Å². The number of amides is 1. The molecule has 0 saturated heterocycles. The van der Waals surface area contributed by atoms with Crippen LogP contribution < -0.4 is 16.4 Å². The van der Waals surface area contributed by atoms with Gasteiger partial charge in [0.1, 0.15) is 0 Å². The van der Waals surface area contributed by atoms with Crippen molar-refractivity contribution in [3.63, 3.8) is 0 Å². The molecule has 0 spiro atoms. The van der Waals surface area contributed by atoms with Gasteiger partial charge >= 0.3 is 0 Å². The van der Waals surface area contributed by atoms with Crippen LogP contribution in [0.4, 0.5) is 17.1 Å². The van der Waals surface area contributed by atoms with Crippen LogP contribution >= 0.6 is 0 Å². The van der Waals surface area contributed by atoms with Gasteiger partial charge in [-0.05, 0) is 19.9 Å². The predicted octanol–water partition coefficient (Wildman–Crippen LogP) is 1.70. The van der Waals surface area contributed by atoms with Gasteiger partial charge in [0.15, 0.2) is 0 Å². The first-order valence-electron chi connectivity index (χ1n) is 6.00. The predicted molar refractivity (Wildman–Crippen MR) is 74.2 cm³/mol. The summed E-state index contributed by atoms with van der Waals surface area (Å²) in [4.78, 5) is 21.2. The van der Waals surface area contributed by atoms with E-state index >= 15 is 0 Å². The summed E-state index contributed by atoms with van der Waals surface area (Å²) >= 11 is 0. The molecular weight excluding hydrogens is 248 g/mol. The zero-order chi connectivity index (χ0) is 14.4. The van der Waals surface area contributed by atoms with Gasteiger partial charge in [0, 0.05) is 42.5 Å². The van der Waals surface area contributed by atoms with Crippen molar-refractivity contribution < 1.29 is 9.72 Å². The average molecular weight is 266 g/mol. The number of carbonyl (C=O) groups excluding carboxylic acids is 1. The first-order chi connectivity index (χ1) is 8.92. The summed E-state index contributed by atoms with van der Waals surface area (Å²) in [7, 11) is 0. The molecule has 4 N–H and O–H groups in total. The number of rotatable bonds is 7. The van der Waals surface area contributed by atoms with Gasteiger partial charge in [-0.2, -0.15) is 0 Å². The van der Waals surface area contributed by atoms with Crippen molar-refractivity contribution in [1.82, 2.24) is 0 Å². The minimum atomic E-state index is -0.454. The summed E-state index contributed by atoms with van der Waals surface area (Å²) in [6.07, 6.45) is 0.166. The lowest BCUT2D eigenvalue weighted by Crippen LogP contribution is -2.24. The molecule has 1 aromatic carbocycles. The second kappa shape index (κ2) is 6.58. The van der Waals surface area contributed by atoms with Crippen molar-refractivity contribution in [3.8, 4) is 0 Å².